The summed E-state index contributed by atoms with van der Waals surface area (Å²) in [5, 5.41) is 23.9. The normalized spacial score (nSPS) is 11.0. The lowest BCUT2D eigenvalue weighted by molar-refractivity contribution is 0.335. The molecule has 0 aliphatic heterocycles. The molecule has 7 nitrogen and oxygen atoms in total. The van der Waals surface area contributed by atoms with Crippen molar-refractivity contribution in [1.29, 1.82) is 10.5 Å². The van der Waals surface area contributed by atoms with Crippen molar-refractivity contribution >= 4 is 5.69 Å². The summed E-state index contributed by atoms with van der Waals surface area (Å²) in [5.41, 5.74) is 0.370. The van der Waals surface area contributed by atoms with E-state index in [2.05, 4.69) is 36.0 Å². The molecule has 1 heterocycles. The number of nitrogens with one attached hydrogen (secondary N) is 1. The van der Waals surface area contributed by atoms with E-state index >= 15 is 0 Å². The molecule has 33 heavy (non-hydrogen) atoms. The Morgan fingerprint density at radius 3 is 2.24 bits per heavy atom. The van der Waals surface area contributed by atoms with E-state index in [4.69, 9.17) is 4.74 Å². The van der Waals surface area contributed by atoms with Crippen molar-refractivity contribution in [2.24, 2.45) is 0 Å². The van der Waals surface area contributed by atoms with Crippen molar-refractivity contribution in [3.05, 3.63) is 75.7 Å². The molecule has 2 aromatic carbocycles. The average Bonchev–Trinajstić information content (AvgIpc) is 3.19. The molecule has 1 N–H and O–H groups in total. The number of nitrogens with zero attached hydrogens (tertiary/aromatic N) is 4. The fraction of sp³-hybridized carbons (Fsp3) is 0.346. The lowest BCUT2D eigenvalue weighted by atomic mass is 9.76. The van der Waals surface area contributed by atoms with Gasteiger partial charge in [0.15, 0.2) is 0 Å². The van der Waals surface area contributed by atoms with Crippen LogP contribution in [0.15, 0.2) is 53.3 Å². The van der Waals surface area contributed by atoms with E-state index in [1.165, 1.54) is 4.68 Å². The van der Waals surface area contributed by atoms with E-state index in [0.29, 0.717) is 35.7 Å². The molecule has 0 saturated heterocycles. The highest BCUT2D eigenvalue weighted by Crippen LogP contribution is 2.39. The SMILES string of the molecule is CCOc1cc(N(CC)CC)ccc1C(C#N)(C#N)c1c(CC)[nH]n(-c2ccccc2)c1=O. The predicted molar refractivity (Wildman–Crippen MR) is 129 cm³/mol. The van der Waals surface area contributed by atoms with Gasteiger partial charge in [-0.2, -0.15) is 10.5 Å². The fourth-order valence-corrected chi connectivity index (χ4v) is 4.16. The van der Waals surface area contributed by atoms with Crippen LogP contribution in [-0.4, -0.2) is 29.5 Å². The molecule has 3 aromatic rings. The number of rotatable bonds is 9. The molecular formula is C26H29N5O2. The number of para-hydroxylation sites is 1. The molecular weight excluding hydrogens is 414 g/mol. The summed E-state index contributed by atoms with van der Waals surface area (Å²) in [6.45, 7) is 9.84. The van der Waals surface area contributed by atoms with Crippen molar-refractivity contribution in [2.45, 2.75) is 39.5 Å². The number of H-pyrrole nitrogens is 1. The number of aromatic nitrogens is 2. The second kappa shape index (κ2) is 10.1. The Labute approximate surface area is 194 Å². The van der Waals surface area contributed by atoms with Gasteiger partial charge >= 0.3 is 0 Å². The van der Waals surface area contributed by atoms with E-state index in [1.807, 2.05) is 44.2 Å². The van der Waals surface area contributed by atoms with Crippen LogP contribution in [0.3, 0.4) is 0 Å². The molecule has 7 heteroatoms. The maximum Gasteiger partial charge on any atom is 0.277 e. The van der Waals surface area contributed by atoms with Gasteiger partial charge in [0, 0.05) is 36.1 Å². The van der Waals surface area contributed by atoms with E-state index in [1.54, 1.807) is 18.2 Å². The van der Waals surface area contributed by atoms with Crippen LogP contribution in [0.5, 0.6) is 5.75 Å². The van der Waals surface area contributed by atoms with Crippen LogP contribution < -0.4 is 15.2 Å². The highest BCUT2D eigenvalue weighted by Gasteiger charge is 2.43. The molecule has 0 atom stereocenters. The summed E-state index contributed by atoms with van der Waals surface area (Å²) in [6, 6.07) is 18.9. The number of aryl methyl sites for hydroxylation is 1. The summed E-state index contributed by atoms with van der Waals surface area (Å²) >= 11 is 0. The van der Waals surface area contributed by atoms with Gasteiger partial charge in [-0.1, -0.05) is 31.2 Å². The fourth-order valence-electron chi connectivity index (χ4n) is 4.16. The van der Waals surface area contributed by atoms with Crippen molar-refractivity contribution < 1.29 is 4.74 Å². The summed E-state index contributed by atoms with van der Waals surface area (Å²) < 4.78 is 7.30. The monoisotopic (exact) mass is 443 g/mol. The summed E-state index contributed by atoms with van der Waals surface area (Å²) in [7, 11) is 0. The summed E-state index contributed by atoms with van der Waals surface area (Å²) in [5.74, 6) is 0.430. The third-order valence-corrected chi connectivity index (χ3v) is 5.84. The van der Waals surface area contributed by atoms with Gasteiger partial charge in [-0.25, -0.2) is 4.68 Å². The highest BCUT2D eigenvalue weighted by molar-refractivity contribution is 5.63. The molecule has 0 saturated carbocycles. The molecule has 0 radical (unpaired) electrons. The number of benzene rings is 2. The first-order valence-electron chi connectivity index (χ1n) is 11.3. The first-order chi connectivity index (χ1) is 16.0. The molecule has 3 rings (SSSR count). The molecule has 1 aromatic heterocycles. The van der Waals surface area contributed by atoms with Gasteiger partial charge in [-0.15, -0.1) is 0 Å². The van der Waals surface area contributed by atoms with Crippen molar-refractivity contribution in [1.82, 2.24) is 9.78 Å². The van der Waals surface area contributed by atoms with Gasteiger partial charge in [0.05, 0.1) is 30.0 Å². The van der Waals surface area contributed by atoms with Crippen LogP contribution >= 0.6 is 0 Å². The number of hydrogen-bond acceptors (Lipinski definition) is 5. The van der Waals surface area contributed by atoms with Crippen LogP contribution in [0.1, 0.15) is 44.5 Å². The minimum Gasteiger partial charge on any atom is -0.493 e. The number of ether oxygens (including phenoxy) is 1. The van der Waals surface area contributed by atoms with Crippen LogP contribution in [-0.2, 0) is 11.8 Å². The van der Waals surface area contributed by atoms with Crippen LogP contribution in [0, 0.1) is 22.7 Å². The van der Waals surface area contributed by atoms with Crippen LogP contribution in [0.4, 0.5) is 5.69 Å². The topological polar surface area (TPSA) is 97.8 Å². The Balaban J connectivity index is 2.31. The number of anilines is 1. The average molecular weight is 444 g/mol. The minimum atomic E-state index is -1.83. The Morgan fingerprint density at radius 2 is 1.70 bits per heavy atom. The van der Waals surface area contributed by atoms with Crippen LogP contribution in [0.25, 0.3) is 5.69 Å². The zero-order chi connectivity index (χ0) is 24.0. The third-order valence-electron chi connectivity index (χ3n) is 5.84. The summed E-state index contributed by atoms with van der Waals surface area (Å²) in [4.78, 5) is 15.8. The number of hydrogen-bond donors (Lipinski definition) is 1. The molecule has 0 spiro atoms. The van der Waals surface area contributed by atoms with Crippen LogP contribution in [0.2, 0.25) is 0 Å². The zero-order valence-corrected chi connectivity index (χ0v) is 19.6. The molecule has 0 aliphatic rings. The standard InChI is InChI=1S/C26H29N5O2/c1-5-22-24(25(32)31(29-22)19-12-10-9-11-13-19)26(17-27,18-28)21-15-14-20(30(6-2)7-3)16-23(21)33-8-4/h9-16,29H,5-8H2,1-4H3. The molecule has 0 fully saturated rings. The molecule has 0 aliphatic carbocycles. The molecule has 0 amide bonds. The maximum atomic E-state index is 13.6. The van der Waals surface area contributed by atoms with E-state index in [9.17, 15) is 15.3 Å². The molecule has 0 bridgehead atoms. The number of nitriles is 2. The van der Waals surface area contributed by atoms with Crippen molar-refractivity contribution in [3.8, 4) is 23.6 Å². The predicted octanol–water partition coefficient (Wildman–Crippen LogP) is 4.31. The van der Waals surface area contributed by atoms with Gasteiger partial charge in [-0.3, -0.25) is 9.89 Å². The zero-order valence-electron chi connectivity index (χ0n) is 19.6. The van der Waals surface area contributed by atoms with E-state index < -0.39 is 11.0 Å². The van der Waals surface area contributed by atoms with Gasteiger partial charge < -0.3 is 9.64 Å². The Bertz CT molecular complexity index is 1230. The van der Waals surface area contributed by atoms with E-state index in [-0.39, 0.29) is 5.56 Å². The molecule has 170 valence electrons. The molecule has 0 unspecified atom stereocenters. The third kappa shape index (κ3) is 4.10. The minimum absolute atomic E-state index is 0.135. The maximum absolute atomic E-state index is 13.6. The van der Waals surface area contributed by atoms with E-state index in [0.717, 1.165) is 18.8 Å². The lowest BCUT2D eigenvalue weighted by Gasteiger charge is -2.26. The first kappa shape index (κ1) is 23.7. The first-order valence-corrected chi connectivity index (χ1v) is 11.3. The van der Waals surface area contributed by atoms with Gasteiger partial charge in [0.25, 0.3) is 5.56 Å². The second-order valence-electron chi connectivity index (χ2n) is 7.55. The Kier molecular flexibility index (Phi) is 7.25. The Morgan fingerprint density at radius 1 is 1.03 bits per heavy atom. The van der Waals surface area contributed by atoms with Gasteiger partial charge in [0.1, 0.15) is 5.75 Å². The smallest absolute Gasteiger partial charge is 0.277 e. The van der Waals surface area contributed by atoms with Gasteiger partial charge in [-0.05, 0) is 45.4 Å². The largest absolute Gasteiger partial charge is 0.493 e. The second-order valence-corrected chi connectivity index (χ2v) is 7.55. The Hall–Kier alpha value is -3.97. The highest BCUT2D eigenvalue weighted by atomic mass is 16.5. The van der Waals surface area contributed by atoms with Gasteiger partial charge in [0.2, 0.25) is 5.41 Å². The quantitative estimate of drug-likeness (QED) is 0.531. The van der Waals surface area contributed by atoms with Crippen molar-refractivity contribution in [3.63, 3.8) is 0 Å². The lowest BCUT2D eigenvalue weighted by Crippen LogP contribution is -2.33. The number of aromatic amines is 1. The summed E-state index contributed by atoms with van der Waals surface area (Å²) in [6.07, 6.45) is 0.455. The van der Waals surface area contributed by atoms with Crippen molar-refractivity contribution in [2.75, 3.05) is 24.6 Å².